The molecule has 1 rings (SSSR count). The number of allylic oxidation sites excluding steroid dienone is 2. The number of methoxy groups -OCH3 is 1. The normalized spacial score (nSPS) is 12.1. The molecule has 0 N–H and O–H groups in total. The molecule has 0 saturated carbocycles. The van der Waals surface area contributed by atoms with E-state index in [0.29, 0.717) is 24.2 Å². The van der Waals surface area contributed by atoms with Crippen molar-refractivity contribution in [2.24, 2.45) is 0 Å². The van der Waals surface area contributed by atoms with Crippen molar-refractivity contribution in [2.75, 3.05) is 7.11 Å². The Morgan fingerprint density at radius 2 is 1.80 bits per heavy atom. The van der Waals surface area contributed by atoms with Gasteiger partial charge in [0, 0.05) is 12.5 Å². The van der Waals surface area contributed by atoms with Gasteiger partial charge in [-0.05, 0) is 64.2 Å². The molecule has 0 radical (unpaired) electrons. The van der Waals surface area contributed by atoms with E-state index in [0.717, 1.165) is 16.5 Å². The van der Waals surface area contributed by atoms with Gasteiger partial charge in [-0.25, -0.2) is 9.69 Å². The van der Waals surface area contributed by atoms with Gasteiger partial charge >= 0.3 is 12.3 Å². The molecule has 0 saturated heterocycles. The zero-order valence-corrected chi connectivity index (χ0v) is 18.1. The number of amides is 2. The molecule has 8 heteroatoms. The van der Waals surface area contributed by atoms with E-state index in [-0.39, 0.29) is 25.5 Å². The Kier molecular flexibility index (Phi) is 9.39. The minimum atomic E-state index is -4.33. The van der Waals surface area contributed by atoms with Crippen LogP contribution in [0.5, 0.6) is 5.75 Å². The van der Waals surface area contributed by atoms with E-state index < -0.39 is 23.8 Å². The number of carbonyl (C=O) groups is 2. The number of hydrogen-bond donors (Lipinski definition) is 0. The van der Waals surface area contributed by atoms with Crippen LogP contribution in [0.4, 0.5) is 18.0 Å². The van der Waals surface area contributed by atoms with Crippen LogP contribution in [0.15, 0.2) is 30.4 Å². The number of imide groups is 1. The molecule has 1 aromatic carbocycles. The van der Waals surface area contributed by atoms with Crippen molar-refractivity contribution in [1.29, 1.82) is 0 Å². The van der Waals surface area contributed by atoms with E-state index >= 15 is 0 Å². The van der Waals surface area contributed by atoms with Crippen LogP contribution in [0, 0.1) is 6.92 Å². The van der Waals surface area contributed by atoms with Gasteiger partial charge in [-0.3, -0.25) is 4.79 Å². The Morgan fingerprint density at radius 3 is 2.37 bits per heavy atom. The summed E-state index contributed by atoms with van der Waals surface area (Å²) in [5.74, 6) is 0.198. The molecule has 0 aliphatic rings. The van der Waals surface area contributed by atoms with Gasteiger partial charge in [0.1, 0.15) is 11.4 Å². The standard InChI is InChI=1S/C22H30F3NO4/c1-16-11-12-17(14-18(16)29-5)15-26(20(28)30-21(2,3)4)19(27)10-8-6-7-9-13-22(23,24)25/h9,11-14H,6-8,10,15H2,1-5H3/b13-9-. The van der Waals surface area contributed by atoms with Crippen LogP contribution in [0.1, 0.15) is 57.6 Å². The third-order valence-corrected chi connectivity index (χ3v) is 4.05. The highest BCUT2D eigenvalue weighted by Crippen LogP contribution is 2.22. The van der Waals surface area contributed by atoms with E-state index in [4.69, 9.17) is 9.47 Å². The molecule has 0 aliphatic carbocycles. The first-order valence-corrected chi connectivity index (χ1v) is 9.73. The first-order valence-electron chi connectivity index (χ1n) is 9.73. The van der Waals surface area contributed by atoms with Gasteiger partial charge in [0.25, 0.3) is 0 Å². The summed E-state index contributed by atoms with van der Waals surface area (Å²) in [6.07, 6.45) is -2.88. The van der Waals surface area contributed by atoms with Gasteiger partial charge in [-0.2, -0.15) is 13.2 Å². The number of halogens is 3. The number of benzene rings is 1. The highest BCUT2D eigenvalue weighted by molar-refractivity contribution is 5.92. The van der Waals surface area contributed by atoms with Gasteiger partial charge in [-0.1, -0.05) is 18.2 Å². The molecule has 5 nitrogen and oxygen atoms in total. The minimum absolute atomic E-state index is 0.0123. The molecular formula is C22H30F3NO4. The second-order valence-corrected chi connectivity index (χ2v) is 7.95. The fourth-order valence-corrected chi connectivity index (χ4v) is 2.61. The number of unbranched alkanes of at least 4 members (excludes halogenated alkanes) is 2. The van der Waals surface area contributed by atoms with Crippen molar-refractivity contribution < 1.29 is 32.2 Å². The molecule has 2 amide bonds. The molecule has 168 valence electrons. The van der Waals surface area contributed by atoms with E-state index in [9.17, 15) is 22.8 Å². The molecular weight excluding hydrogens is 399 g/mol. The summed E-state index contributed by atoms with van der Waals surface area (Å²) in [6.45, 7) is 7.01. The van der Waals surface area contributed by atoms with Crippen LogP contribution in [-0.4, -0.2) is 35.8 Å². The molecule has 0 aliphatic heterocycles. The highest BCUT2D eigenvalue weighted by Gasteiger charge is 2.27. The predicted molar refractivity (Wildman–Crippen MR) is 108 cm³/mol. The molecule has 0 spiro atoms. The van der Waals surface area contributed by atoms with Crippen molar-refractivity contribution in [3.8, 4) is 5.75 Å². The average Bonchev–Trinajstić information content (AvgIpc) is 2.61. The third-order valence-electron chi connectivity index (χ3n) is 4.05. The smallest absolute Gasteiger partial charge is 0.417 e. The lowest BCUT2D eigenvalue weighted by Gasteiger charge is -2.26. The number of aryl methyl sites for hydroxylation is 1. The lowest BCUT2D eigenvalue weighted by Crippen LogP contribution is -2.40. The minimum Gasteiger partial charge on any atom is -0.496 e. The van der Waals surface area contributed by atoms with Gasteiger partial charge in [-0.15, -0.1) is 0 Å². The summed E-state index contributed by atoms with van der Waals surface area (Å²) >= 11 is 0. The van der Waals surface area contributed by atoms with E-state index in [1.165, 1.54) is 7.11 Å². The van der Waals surface area contributed by atoms with Gasteiger partial charge < -0.3 is 9.47 Å². The van der Waals surface area contributed by atoms with Crippen LogP contribution in [0.25, 0.3) is 0 Å². The van der Waals surface area contributed by atoms with Crippen LogP contribution < -0.4 is 4.74 Å². The molecule has 0 aromatic heterocycles. The summed E-state index contributed by atoms with van der Waals surface area (Å²) in [5, 5.41) is 0. The highest BCUT2D eigenvalue weighted by atomic mass is 19.4. The maximum Gasteiger partial charge on any atom is 0.417 e. The predicted octanol–water partition coefficient (Wildman–Crippen LogP) is 5.95. The largest absolute Gasteiger partial charge is 0.496 e. The lowest BCUT2D eigenvalue weighted by molar-refractivity contribution is -0.131. The first kappa shape index (κ1) is 25.5. The maximum atomic E-state index is 12.7. The van der Waals surface area contributed by atoms with Crippen molar-refractivity contribution >= 4 is 12.0 Å². The molecule has 0 bridgehead atoms. The first-order chi connectivity index (χ1) is 13.8. The maximum absolute atomic E-state index is 12.7. The Balaban J connectivity index is 2.81. The van der Waals surface area contributed by atoms with E-state index in [1.807, 2.05) is 13.0 Å². The second kappa shape index (κ2) is 11.0. The Labute approximate surface area is 175 Å². The van der Waals surface area contributed by atoms with Crippen LogP contribution in [0.2, 0.25) is 0 Å². The summed E-state index contributed by atoms with van der Waals surface area (Å²) < 4.78 is 46.9. The molecule has 0 atom stereocenters. The molecule has 30 heavy (non-hydrogen) atoms. The number of carbonyl (C=O) groups excluding carboxylic acids is 2. The lowest BCUT2D eigenvalue weighted by atomic mass is 10.1. The quantitative estimate of drug-likeness (QED) is 0.379. The topological polar surface area (TPSA) is 55.8 Å². The molecule has 0 fully saturated rings. The van der Waals surface area contributed by atoms with Crippen molar-refractivity contribution in [2.45, 2.75) is 71.7 Å². The van der Waals surface area contributed by atoms with Crippen molar-refractivity contribution in [1.82, 2.24) is 4.90 Å². The Hall–Kier alpha value is -2.51. The Morgan fingerprint density at radius 1 is 1.13 bits per heavy atom. The van der Waals surface area contributed by atoms with Gasteiger partial charge in [0.2, 0.25) is 5.91 Å². The van der Waals surface area contributed by atoms with Gasteiger partial charge in [0.05, 0.1) is 13.7 Å². The number of rotatable bonds is 8. The monoisotopic (exact) mass is 429 g/mol. The zero-order chi connectivity index (χ0) is 22.9. The molecule has 0 heterocycles. The number of ether oxygens (including phenoxy) is 2. The van der Waals surface area contributed by atoms with Crippen LogP contribution in [-0.2, 0) is 16.1 Å². The molecule has 0 unspecified atom stereocenters. The van der Waals surface area contributed by atoms with Crippen molar-refractivity contribution in [3.05, 3.63) is 41.5 Å². The van der Waals surface area contributed by atoms with E-state index in [2.05, 4.69) is 0 Å². The summed E-state index contributed by atoms with van der Waals surface area (Å²) in [5.41, 5.74) is 0.844. The van der Waals surface area contributed by atoms with Crippen LogP contribution >= 0.6 is 0 Å². The summed E-state index contributed by atoms with van der Waals surface area (Å²) in [6, 6.07) is 5.38. The van der Waals surface area contributed by atoms with Crippen LogP contribution in [0.3, 0.4) is 0 Å². The summed E-state index contributed by atoms with van der Waals surface area (Å²) in [4.78, 5) is 26.3. The zero-order valence-electron chi connectivity index (χ0n) is 18.1. The fraction of sp³-hybridized carbons (Fsp3) is 0.545. The third kappa shape index (κ3) is 9.80. The Bertz CT molecular complexity index is 752. The van der Waals surface area contributed by atoms with Crippen molar-refractivity contribution in [3.63, 3.8) is 0 Å². The summed E-state index contributed by atoms with van der Waals surface area (Å²) in [7, 11) is 1.54. The second-order valence-electron chi connectivity index (χ2n) is 7.95. The van der Waals surface area contributed by atoms with E-state index in [1.54, 1.807) is 32.9 Å². The fourth-order valence-electron chi connectivity index (χ4n) is 2.61. The number of alkyl halides is 3. The van der Waals surface area contributed by atoms with Gasteiger partial charge in [0.15, 0.2) is 0 Å². The average molecular weight is 429 g/mol. The SMILES string of the molecule is COc1cc(CN(C(=O)CCCC/C=C\C(F)(F)F)C(=O)OC(C)(C)C)ccc1C. The number of nitrogens with zero attached hydrogens (tertiary/aromatic N) is 1. The number of hydrogen-bond acceptors (Lipinski definition) is 4. The molecule has 1 aromatic rings.